The maximum atomic E-state index is 12.7. The first-order valence-electron chi connectivity index (χ1n) is 8.57. The maximum Gasteiger partial charge on any atom is 0.237 e. The molecule has 0 radical (unpaired) electrons. The first-order chi connectivity index (χ1) is 10.3. The van der Waals surface area contributed by atoms with Crippen LogP contribution in [-0.2, 0) is 4.79 Å². The Morgan fingerprint density at radius 1 is 1.19 bits per heavy atom. The van der Waals surface area contributed by atoms with Gasteiger partial charge in [-0.15, -0.1) is 0 Å². The SMILES string of the molecule is CSC1CCC(NC(=O)C2CCCN2C2CCNCC2)C1. The summed E-state index contributed by atoms with van der Waals surface area (Å²) in [6, 6.07) is 1.18. The van der Waals surface area contributed by atoms with Crippen LogP contribution in [0.2, 0.25) is 0 Å². The van der Waals surface area contributed by atoms with Crippen molar-refractivity contribution in [1.82, 2.24) is 15.5 Å². The van der Waals surface area contributed by atoms with Crippen molar-refractivity contribution in [2.45, 2.75) is 68.3 Å². The van der Waals surface area contributed by atoms with Crippen LogP contribution in [0.15, 0.2) is 0 Å². The van der Waals surface area contributed by atoms with Crippen LogP contribution in [0.4, 0.5) is 0 Å². The van der Waals surface area contributed by atoms with Gasteiger partial charge in [-0.05, 0) is 70.8 Å². The molecule has 0 spiro atoms. The molecule has 5 heteroatoms. The fraction of sp³-hybridized carbons (Fsp3) is 0.938. The first kappa shape index (κ1) is 15.6. The number of thioether (sulfide) groups is 1. The lowest BCUT2D eigenvalue weighted by molar-refractivity contribution is -0.127. The number of rotatable bonds is 4. The number of carbonyl (C=O) groups is 1. The maximum absolute atomic E-state index is 12.7. The van der Waals surface area contributed by atoms with Crippen LogP contribution < -0.4 is 10.6 Å². The van der Waals surface area contributed by atoms with Crippen molar-refractivity contribution in [2.24, 2.45) is 0 Å². The molecular weight excluding hydrogens is 282 g/mol. The van der Waals surface area contributed by atoms with E-state index >= 15 is 0 Å². The summed E-state index contributed by atoms with van der Waals surface area (Å²) in [5.41, 5.74) is 0. The van der Waals surface area contributed by atoms with Crippen molar-refractivity contribution in [3.05, 3.63) is 0 Å². The smallest absolute Gasteiger partial charge is 0.237 e. The summed E-state index contributed by atoms with van der Waals surface area (Å²) in [7, 11) is 0. The Bertz CT molecular complexity index is 359. The van der Waals surface area contributed by atoms with Crippen LogP contribution in [0.3, 0.4) is 0 Å². The minimum absolute atomic E-state index is 0.140. The van der Waals surface area contributed by atoms with Crippen molar-refractivity contribution >= 4 is 17.7 Å². The van der Waals surface area contributed by atoms with Gasteiger partial charge in [-0.2, -0.15) is 11.8 Å². The monoisotopic (exact) mass is 311 g/mol. The molecule has 3 aliphatic rings. The lowest BCUT2D eigenvalue weighted by Crippen LogP contribution is -2.52. The van der Waals surface area contributed by atoms with Gasteiger partial charge in [-0.1, -0.05) is 0 Å². The molecular formula is C16H29N3OS. The van der Waals surface area contributed by atoms with E-state index < -0.39 is 0 Å². The van der Waals surface area contributed by atoms with Gasteiger partial charge in [-0.3, -0.25) is 9.69 Å². The van der Waals surface area contributed by atoms with Crippen LogP contribution in [0.25, 0.3) is 0 Å². The van der Waals surface area contributed by atoms with Gasteiger partial charge >= 0.3 is 0 Å². The van der Waals surface area contributed by atoms with Gasteiger partial charge in [0, 0.05) is 17.3 Å². The van der Waals surface area contributed by atoms with Gasteiger partial charge in [0.1, 0.15) is 0 Å². The molecule has 1 saturated carbocycles. The van der Waals surface area contributed by atoms with Crippen LogP contribution >= 0.6 is 11.8 Å². The number of amides is 1. The summed E-state index contributed by atoms with van der Waals surface area (Å²) in [5, 5.41) is 7.52. The van der Waals surface area contributed by atoms with E-state index in [4.69, 9.17) is 0 Å². The first-order valence-corrected chi connectivity index (χ1v) is 9.86. The van der Waals surface area contributed by atoms with Crippen LogP contribution in [-0.4, -0.2) is 60.1 Å². The Labute approximate surface area is 132 Å². The van der Waals surface area contributed by atoms with Crippen molar-refractivity contribution in [2.75, 3.05) is 25.9 Å². The molecule has 21 heavy (non-hydrogen) atoms. The molecule has 3 fully saturated rings. The molecule has 0 aromatic heterocycles. The molecule has 2 heterocycles. The summed E-state index contributed by atoms with van der Waals surface area (Å²) in [6.45, 7) is 3.32. The molecule has 3 unspecified atom stereocenters. The Hall–Kier alpha value is -0.260. The molecule has 0 bridgehead atoms. The quantitative estimate of drug-likeness (QED) is 0.828. The van der Waals surface area contributed by atoms with Crippen molar-refractivity contribution < 1.29 is 4.79 Å². The molecule has 2 N–H and O–H groups in total. The third kappa shape index (κ3) is 3.74. The van der Waals surface area contributed by atoms with Gasteiger partial charge in [-0.25, -0.2) is 0 Å². The van der Waals surface area contributed by atoms with E-state index in [2.05, 4.69) is 21.8 Å². The number of likely N-dealkylation sites (tertiary alicyclic amines) is 1. The minimum Gasteiger partial charge on any atom is -0.352 e. The number of hydrogen-bond donors (Lipinski definition) is 2. The molecule has 1 amide bonds. The molecule has 120 valence electrons. The summed E-state index contributed by atoms with van der Waals surface area (Å²) in [6.07, 6.45) is 10.4. The average Bonchev–Trinajstić information content (AvgIpc) is 3.17. The number of carbonyl (C=O) groups excluding carboxylic acids is 1. The van der Waals surface area contributed by atoms with Crippen LogP contribution in [0, 0.1) is 0 Å². The normalized spacial score (nSPS) is 35.2. The summed E-state index contributed by atoms with van der Waals surface area (Å²) in [5.74, 6) is 0.304. The molecule has 0 aromatic rings. The van der Waals surface area contributed by atoms with E-state index in [1.165, 1.54) is 25.7 Å². The average molecular weight is 311 g/mol. The van der Waals surface area contributed by atoms with Crippen LogP contribution in [0.5, 0.6) is 0 Å². The van der Waals surface area contributed by atoms with E-state index in [1.54, 1.807) is 0 Å². The Kier molecular flexibility index (Phi) is 5.46. The van der Waals surface area contributed by atoms with E-state index in [0.29, 0.717) is 18.0 Å². The number of piperidine rings is 1. The minimum atomic E-state index is 0.140. The molecule has 3 rings (SSSR count). The van der Waals surface area contributed by atoms with Crippen LogP contribution in [0.1, 0.15) is 44.9 Å². The predicted molar refractivity (Wildman–Crippen MR) is 88.7 cm³/mol. The van der Waals surface area contributed by atoms with Gasteiger partial charge in [0.05, 0.1) is 6.04 Å². The van der Waals surface area contributed by atoms with Crippen molar-refractivity contribution in [3.63, 3.8) is 0 Å². The molecule has 3 atom stereocenters. The fourth-order valence-electron chi connectivity index (χ4n) is 4.23. The zero-order valence-corrected chi connectivity index (χ0v) is 14.0. The fourth-order valence-corrected chi connectivity index (χ4v) is 5.03. The second kappa shape index (κ2) is 7.34. The van der Waals surface area contributed by atoms with E-state index in [-0.39, 0.29) is 6.04 Å². The van der Waals surface area contributed by atoms with E-state index in [9.17, 15) is 4.79 Å². The second-order valence-corrected chi connectivity index (χ2v) is 7.89. The van der Waals surface area contributed by atoms with Gasteiger partial charge in [0.2, 0.25) is 5.91 Å². The molecule has 4 nitrogen and oxygen atoms in total. The molecule has 2 aliphatic heterocycles. The highest BCUT2D eigenvalue weighted by Gasteiger charge is 2.37. The standard InChI is InChI=1S/C16H29N3OS/c1-21-14-5-4-12(11-14)18-16(20)15-3-2-10-19(15)13-6-8-17-9-7-13/h12-15,17H,2-11H2,1H3,(H,18,20). The molecule has 0 aromatic carbocycles. The van der Waals surface area contributed by atoms with E-state index in [1.807, 2.05) is 11.8 Å². The zero-order chi connectivity index (χ0) is 14.7. The molecule has 2 saturated heterocycles. The molecule has 1 aliphatic carbocycles. The summed E-state index contributed by atoms with van der Waals surface area (Å²) >= 11 is 1.95. The Balaban J connectivity index is 1.53. The largest absolute Gasteiger partial charge is 0.352 e. The lowest BCUT2D eigenvalue weighted by atomic mass is 10.0. The van der Waals surface area contributed by atoms with Gasteiger partial charge in [0.15, 0.2) is 0 Å². The number of hydrogen-bond acceptors (Lipinski definition) is 4. The topological polar surface area (TPSA) is 44.4 Å². The predicted octanol–water partition coefficient (Wildman–Crippen LogP) is 1.60. The summed E-state index contributed by atoms with van der Waals surface area (Å²) < 4.78 is 0. The van der Waals surface area contributed by atoms with Crippen molar-refractivity contribution in [1.29, 1.82) is 0 Å². The van der Waals surface area contributed by atoms with Gasteiger partial charge in [0.25, 0.3) is 0 Å². The third-order valence-corrected chi connectivity index (χ3v) is 6.53. The summed E-state index contributed by atoms with van der Waals surface area (Å²) in [4.78, 5) is 15.2. The number of nitrogens with zero attached hydrogens (tertiary/aromatic N) is 1. The van der Waals surface area contributed by atoms with E-state index in [0.717, 1.165) is 44.1 Å². The highest BCUT2D eigenvalue weighted by molar-refractivity contribution is 7.99. The second-order valence-electron chi connectivity index (χ2n) is 6.75. The highest BCUT2D eigenvalue weighted by Crippen LogP contribution is 2.29. The Morgan fingerprint density at radius 3 is 2.71 bits per heavy atom. The highest BCUT2D eigenvalue weighted by atomic mass is 32.2. The Morgan fingerprint density at radius 2 is 2.00 bits per heavy atom. The zero-order valence-electron chi connectivity index (χ0n) is 13.1. The lowest BCUT2D eigenvalue weighted by Gasteiger charge is -2.35. The number of nitrogens with one attached hydrogen (secondary N) is 2. The van der Waals surface area contributed by atoms with Gasteiger partial charge < -0.3 is 10.6 Å². The third-order valence-electron chi connectivity index (χ3n) is 5.44. The van der Waals surface area contributed by atoms with Crippen molar-refractivity contribution in [3.8, 4) is 0 Å².